The first-order valence-corrected chi connectivity index (χ1v) is 12.4. The van der Waals surface area contributed by atoms with Crippen LogP contribution in [0, 0.1) is 0 Å². The van der Waals surface area contributed by atoms with Crippen LogP contribution in [0.3, 0.4) is 0 Å². The summed E-state index contributed by atoms with van der Waals surface area (Å²) in [5.74, 6) is 0.423. The molecule has 0 aliphatic carbocycles. The van der Waals surface area contributed by atoms with Gasteiger partial charge in [-0.2, -0.15) is 0 Å². The van der Waals surface area contributed by atoms with Crippen LogP contribution in [0.1, 0.15) is 10.4 Å². The predicted octanol–water partition coefficient (Wildman–Crippen LogP) is 2.68. The molecule has 0 radical (unpaired) electrons. The van der Waals surface area contributed by atoms with Crippen LogP contribution in [0.2, 0.25) is 5.02 Å². The van der Waals surface area contributed by atoms with Gasteiger partial charge in [0.1, 0.15) is 5.84 Å². The van der Waals surface area contributed by atoms with E-state index in [0.29, 0.717) is 33.6 Å². The third kappa shape index (κ3) is 6.34. The molecule has 3 heterocycles. The maximum Gasteiger partial charge on any atom is 0.236 e. The molecule has 1 fully saturated rings. The standard InChI is InChI=1S/C24H29ClN8OS/c1-31(2)21(34)15-33-10-8-32(9-11-33)14-17-13-29-24(35-17)30-23(27)18-12-16(5-6-20(18)26)22-19(25)4-3-7-28-22/h3-7,12-13H,8-11,14-15,26H2,1-2H3,(H2,27,29,30). The number of amidine groups is 1. The van der Waals surface area contributed by atoms with Crippen molar-refractivity contribution in [2.45, 2.75) is 6.54 Å². The van der Waals surface area contributed by atoms with Crippen LogP contribution in [-0.2, 0) is 11.3 Å². The number of thiazole rings is 1. The van der Waals surface area contributed by atoms with E-state index in [9.17, 15) is 4.79 Å². The zero-order valence-corrected chi connectivity index (χ0v) is 21.4. The lowest BCUT2D eigenvalue weighted by molar-refractivity contribution is -0.130. The van der Waals surface area contributed by atoms with Gasteiger partial charge in [0.25, 0.3) is 0 Å². The van der Waals surface area contributed by atoms with Gasteiger partial charge >= 0.3 is 0 Å². The van der Waals surface area contributed by atoms with Gasteiger partial charge < -0.3 is 16.4 Å². The molecule has 1 amide bonds. The van der Waals surface area contributed by atoms with Crippen LogP contribution >= 0.6 is 22.9 Å². The molecule has 0 spiro atoms. The first-order valence-electron chi connectivity index (χ1n) is 11.2. The van der Waals surface area contributed by atoms with Crippen LogP contribution < -0.4 is 11.5 Å². The highest BCUT2D eigenvalue weighted by molar-refractivity contribution is 7.15. The number of halogens is 1. The molecule has 1 aliphatic heterocycles. The average molecular weight is 513 g/mol. The summed E-state index contributed by atoms with van der Waals surface area (Å²) < 4.78 is 0. The SMILES string of the molecule is CN(C)C(=O)CN1CCN(Cc2cnc(/N=C(\N)c3cc(-c4ncccc4Cl)ccc3N)s2)CC1. The molecule has 11 heteroatoms. The topological polar surface area (TPSA) is 117 Å². The third-order valence-corrected chi connectivity index (χ3v) is 7.00. The Balaban J connectivity index is 1.40. The summed E-state index contributed by atoms with van der Waals surface area (Å²) >= 11 is 7.80. The number of carbonyl (C=O) groups excluding carboxylic acids is 1. The first kappa shape index (κ1) is 25.1. The number of nitrogens with zero attached hydrogens (tertiary/aromatic N) is 6. The molecule has 3 aromatic rings. The number of aromatic nitrogens is 2. The molecule has 1 aliphatic rings. The van der Waals surface area contributed by atoms with E-state index in [2.05, 4.69) is 24.8 Å². The second-order valence-electron chi connectivity index (χ2n) is 8.58. The Morgan fingerprint density at radius 3 is 2.63 bits per heavy atom. The van der Waals surface area contributed by atoms with Crippen molar-refractivity contribution in [2.75, 3.05) is 52.6 Å². The van der Waals surface area contributed by atoms with Crippen LogP contribution in [0.15, 0.2) is 47.7 Å². The molecule has 2 aromatic heterocycles. The summed E-state index contributed by atoms with van der Waals surface area (Å²) in [7, 11) is 3.58. The molecule has 0 bridgehead atoms. The Kier molecular flexibility index (Phi) is 7.97. The fourth-order valence-electron chi connectivity index (χ4n) is 3.77. The van der Waals surface area contributed by atoms with Crippen molar-refractivity contribution in [2.24, 2.45) is 10.7 Å². The zero-order valence-electron chi connectivity index (χ0n) is 19.8. The van der Waals surface area contributed by atoms with Gasteiger partial charge in [0.05, 0.1) is 17.3 Å². The largest absolute Gasteiger partial charge is 0.398 e. The number of aliphatic imine (C=N–C) groups is 1. The van der Waals surface area contributed by atoms with Gasteiger partial charge in [0, 0.05) is 80.9 Å². The highest BCUT2D eigenvalue weighted by Crippen LogP contribution is 2.29. The predicted molar refractivity (Wildman–Crippen MR) is 142 cm³/mol. The number of nitrogens with two attached hydrogens (primary N) is 2. The van der Waals surface area contributed by atoms with Crippen molar-refractivity contribution in [3.63, 3.8) is 0 Å². The molecular formula is C24H29ClN8OS. The molecule has 1 saturated heterocycles. The Bertz CT molecular complexity index is 1220. The van der Waals surface area contributed by atoms with Crippen molar-refractivity contribution >= 4 is 45.5 Å². The summed E-state index contributed by atoms with van der Waals surface area (Å²) in [5, 5.41) is 1.13. The monoisotopic (exact) mass is 512 g/mol. The Morgan fingerprint density at radius 2 is 1.91 bits per heavy atom. The second-order valence-corrected chi connectivity index (χ2v) is 10.1. The van der Waals surface area contributed by atoms with Gasteiger partial charge in [-0.15, -0.1) is 0 Å². The number of amides is 1. The van der Waals surface area contributed by atoms with Gasteiger partial charge in [-0.3, -0.25) is 19.6 Å². The van der Waals surface area contributed by atoms with E-state index in [1.165, 1.54) is 11.3 Å². The van der Waals surface area contributed by atoms with Gasteiger partial charge in [-0.25, -0.2) is 9.98 Å². The minimum atomic E-state index is 0.135. The van der Waals surface area contributed by atoms with Crippen molar-refractivity contribution < 1.29 is 4.79 Å². The number of likely N-dealkylation sites (N-methyl/N-ethyl adjacent to an activating group) is 1. The lowest BCUT2D eigenvalue weighted by atomic mass is 10.0. The normalized spacial score (nSPS) is 15.3. The van der Waals surface area contributed by atoms with E-state index in [-0.39, 0.29) is 11.7 Å². The molecule has 35 heavy (non-hydrogen) atoms. The van der Waals surface area contributed by atoms with Gasteiger partial charge in [0.2, 0.25) is 11.0 Å². The molecule has 0 saturated carbocycles. The minimum Gasteiger partial charge on any atom is -0.398 e. The summed E-state index contributed by atoms with van der Waals surface area (Å²) in [6.45, 7) is 4.80. The summed E-state index contributed by atoms with van der Waals surface area (Å²) in [6.07, 6.45) is 3.53. The molecule has 4 rings (SSSR count). The minimum absolute atomic E-state index is 0.135. The van der Waals surface area contributed by atoms with Gasteiger partial charge in [0.15, 0.2) is 0 Å². The Labute approximate surface area is 214 Å². The lowest BCUT2D eigenvalue weighted by Crippen LogP contribution is -2.48. The Hall–Kier alpha value is -3.05. The second kappa shape index (κ2) is 11.1. The number of carbonyl (C=O) groups is 1. The van der Waals surface area contributed by atoms with E-state index in [4.69, 9.17) is 23.1 Å². The number of hydrogen-bond acceptors (Lipinski definition) is 8. The number of pyridine rings is 1. The van der Waals surface area contributed by atoms with E-state index < -0.39 is 0 Å². The number of rotatable bonds is 7. The van der Waals surface area contributed by atoms with E-state index in [1.54, 1.807) is 43.4 Å². The first-order chi connectivity index (χ1) is 16.8. The number of nitrogen functional groups attached to an aromatic ring is 1. The third-order valence-electron chi connectivity index (χ3n) is 5.82. The van der Waals surface area contributed by atoms with Crippen molar-refractivity contribution in [1.29, 1.82) is 0 Å². The summed E-state index contributed by atoms with van der Waals surface area (Å²) in [4.78, 5) is 32.5. The number of hydrogen-bond donors (Lipinski definition) is 2. The van der Waals surface area contributed by atoms with Crippen LogP contribution in [-0.4, -0.2) is 83.2 Å². The zero-order chi connectivity index (χ0) is 24.9. The van der Waals surface area contributed by atoms with Crippen LogP contribution in [0.5, 0.6) is 0 Å². The fraction of sp³-hybridized carbons (Fsp3) is 0.333. The quantitative estimate of drug-likeness (QED) is 0.284. The van der Waals surface area contributed by atoms with E-state index in [0.717, 1.165) is 43.2 Å². The highest BCUT2D eigenvalue weighted by atomic mass is 35.5. The van der Waals surface area contributed by atoms with E-state index >= 15 is 0 Å². The van der Waals surface area contributed by atoms with Crippen molar-refractivity contribution in [3.8, 4) is 11.3 Å². The molecule has 184 valence electrons. The molecule has 1 aromatic carbocycles. The summed E-state index contributed by atoms with van der Waals surface area (Å²) in [5.41, 5.74) is 15.1. The van der Waals surface area contributed by atoms with Crippen molar-refractivity contribution in [3.05, 3.63) is 58.2 Å². The lowest BCUT2D eigenvalue weighted by Gasteiger charge is -2.34. The van der Waals surface area contributed by atoms with Gasteiger partial charge in [-0.1, -0.05) is 29.0 Å². The molecule has 9 nitrogen and oxygen atoms in total. The number of benzene rings is 1. The number of anilines is 1. The van der Waals surface area contributed by atoms with Gasteiger partial charge in [-0.05, 0) is 24.3 Å². The molecular weight excluding hydrogens is 484 g/mol. The average Bonchev–Trinajstić information content (AvgIpc) is 3.27. The molecule has 0 atom stereocenters. The molecule has 0 unspecified atom stereocenters. The number of piperazine rings is 1. The highest BCUT2D eigenvalue weighted by Gasteiger charge is 2.20. The maximum atomic E-state index is 11.9. The van der Waals surface area contributed by atoms with Crippen LogP contribution in [0.4, 0.5) is 10.8 Å². The fourth-order valence-corrected chi connectivity index (χ4v) is 4.83. The van der Waals surface area contributed by atoms with E-state index in [1.807, 2.05) is 18.3 Å². The Morgan fingerprint density at radius 1 is 1.17 bits per heavy atom. The molecule has 4 N–H and O–H groups in total. The summed E-state index contributed by atoms with van der Waals surface area (Å²) in [6, 6.07) is 9.05. The van der Waals surface area contributed by atoms with Crippen LogP contribution in [0.25, 0.3) is 11.3 Å². The smallest absolute Gasteiger partial charge is 0.236 e. The van der Waals surface area contributed by atoms with Crippen molar-refractivity contribution in [1.82, 2.24) is 24.7 Å². The maximum absolute atomic E-state index is 11.9.